The smallest absolute Gasteiger partial charge is 0.494 e. The Morgan fingerprint density at radius 3 is 1.73 bits per heavy atom. The van der Waals surface area contributed by atoms with E-state index in [9.17, 15) is 17.3 Å². The number of unbranched alkanes of at least 4 members (excludes halogenated alkanes) is 2. The molecule has 1 aliphatic rings. The Hall–Kier alpha value is -2.54. The third-order valence-electron chi connectivity index (χ3n) is 3.86. The van der Waals surface area contributed by atoms with E-state index in [0.717, 1.165) is 42.9 Å². The molecule has 0 unspecified atom stereocenters. The zero-order valence-corrected chi connectivity index (χ0v) is 22.1. The summed E-state index contributed by atoms with van der Waals surface area (Å²) in [4.78, 5) is 5.28. The van der Waals surface area contributed by atoms with Crippen molar-refractivity contribution in [3.05, 3.63) is 23.7 Å². The average molecular weight is 589 g/mol. The van der Waals surface area contributed by atoms with Crippen LogP contribution in [0.15, 0.2) is 18.2 Å². The van der Waals surface area contributed by atoms with Crippen LogP contribution in [0, 0.1) is 0 Å². The predicted molar refractivity (Wildman–Crippen MR) is 139 cm³/mol. The third-order valence-corrected chi connectivity index (χ3v) is 3.86. The van der Waals surface area contributed by atoms with Crippen molar-refractivity contribution < 1.29 is 76.5 Å². The van der Waals surface area contributed by atoms with E-state index in [1.54, 1.807) is 0 Å². The SMILES string of the molecule is CCCCOc1ccc(OCCCC)c(N2CCOC(=[N+]=[N-])C2)c1.OB(O)F.OB(O)F.OB(O)F.OB(O)F. The Morgan fingerprint density at radius 1 is 0.850 bits per heavy atom. The maximum Gasteiger partial charge on any atom is 0.674 e. The zero-order chi connectivity index (χ0) is 31.5. The second-order valence-corrected chi connectivity index (χ2v) is 7.04. The summed E-state index contributed by atoms with van der Waals surface area (Å²) in [5, 5.41) is 55.6. The van der Waals surface area contributed by atoms with Gasteiger partial charge in [0.1, 0.15) is 18.1 Å². The van der Waals surface area contributed by atoms with Crippen LogP contribution in [0.4, 0.5) is 23.0 Å². The molecular formula is C18H35B4F4N3O11. The number of nitrogens with zero attached hydrogens (tertiary/aromatic N) is 3. The molecule has 40 heavy (non-hydrogen) atoms. The fraction of sp³-hybridized carbons (Fsp3) is 0.611. The fourth-order valence-electron chi connectivity index (χ4n) is 2.44. The van der Waals surface area contributed by atoms with Crippen LogP contribution in [0.5, 0.6) is 11.5 Å². The van der Waals surface area contributed by atoms with Gasteiger partial charge in [-0.3, -0.25) is 17.3 Å². The van der Waals surface area contributed by atoms with Crippen LogP contribution in [-0.2, 0) is 4.74 Å². The molecule has 8 N–H and O–H groups in total. The normalized spacial score (nSPS) is 11.2. The number of hydrogen-bond donors (Lipinski definition) is 8. The van der Waals surface area contributed by atoms with Crippen LogP contribution in [0.1, 0.15) is 39.5 Å². The second kappa shape index (κ2) is 28.0. The van der Waals surface area contributed by atoms with Gasteiger partial charge in [-0.1, -0.05) is 26.7 Å². The number of ether oxygens (including phenoxy) is 3. The van der Waals surface area contributed by atoms with E-state index in [2.05, 4.69) is 23.5 Å². The Balaban J connectivity index is -0.000000701. The van der Waals surface area contributed by atoms with Crippen molar-refractivity contribution in [2.24, 2.45) is 0 Å². The highest BCUT2D eigenvalue weighted by molar-refractivity contribution is 6.32. The minimum atomic E-state index is -2.67. The van der Waals surface area contributed by atoms with Crippen LogP contribution in [-0.4, -0.2) is 113 Å². The Morgan fingerprint density at radius 2 is 1.30 bits per heavy atom. The molecule has 1 aromatic carbocycles. The summed E-state index contributed by atoms with van der Waals surface area (Å²) in [6, 6.07) is 5.90. The number of halogens is 4. The number of anilines is 1. The molecule has 228 valence electrons. The minimum absolute atomic E-state index is 0.318. The van der Waals surface area contributed by atoms with Gasteiger partial charge in [-0.05, 0) is 25.0 Å². The summed E-state index contributed by atoms with van der Waals surface area (Å²) in [6.45, 7) is 7.28. The van der Waals surface area contributed by atoms with Crippen molar-refractivity contribution in [2.75, 3.05) is 37.8 Å². The lowest BCUT2D eigenvalue weighted by Gasteiger charge is -2.28. The first-order valence-electron chi connectivity index (χ1n) is 11.7. The lowest BCUT2D eigenvalue weighted by Crippen LogP contribution is -2.40. The molecule has 1 aliphatic heterocycles. The van der Waals surface area contributed by atoms with Crippen molar-refractivity contribution in [2.45, 2.75) is 39.5 Å². The second-order valence-electron chi connectivity index (χ2n) is 7.04. The van der Waals surface area contributed by atoms with E-state index in [-0.39, 0.29) is 0 Å². The lowest BCUT2D eigenvalue weighted by molar-refractivity contribution is -0.0454. The van der Waals surface area contributed by atoms with Crippen molar-refractivity contribution in [1.82, 2.24) is 0 Å². The van der Waals surface area contributed by atoms with Crippen LogP contribution < -0.4 is 14.4 Å². The van der Waals surface area contributed by atoms with Gasteiger partial charge in [0.25, 0.3) is 0 Å². The molecule has 0 radical (unpaired) electrons. The van der Waals surface area contributed by atoms with E-state index < -0.39 is 29.6 Å². The van der Waals surface area contributed by atoms with E-state index in [0.29, 0.717) is 38.8 Å². The van der Waals surface area contributed by atoms with Crippen molar-refractivity contribution >= 4 is 41.2 Å². The van der Waals surface area contributed by atoms with Crippen molar-refractivity contribution in [3.8, 4) is 11.5 Å². The standard InChI is InChI=1S/C18H27N3O3.4BFH2O2/c1-3-5-10-22-15-7-8-17(23-11-6-4-2)16(13-15)21-9-12-24-18(14-21)20-19;4*2-1(3)4/h7-8,13H,3-6,9-12,14H2,1-2H3;4*3-4H. The van der Waals surface area contributed by atoms with Gasteiger partial charge >= 0.3 is 35.5 Å². The highest BCUT2D eigenvalue weighted by Gasteiger charge is 2.25. The molecule has 0 spiro atoms. The highest BCUT2D eigenvalue weighted by atomic mass is 19.1. The van der Waals surface area contributed by atoms with Gasteiger partial charge in [0.15, 0.2) is 6.54 Å². The molecule has 0 amide bonds. The maximum atomic E-state index is 10.1. The van der Waals surface area contributed by atoms with Crippen molar-refractivity contribution in [1.29, 1.82) is 0 Å². The summed E-state index contributed by atoms with van der Waals surface area (Å²) < 4.78 is 57.5. The van der Waals surface area contributed by atoms with Gasteiger partial charge in [0.05, 0.1) is 25.4 Å². The molecule has 1 fully saturated rings. The van der Waals surface area contributed by atoms with Gasteiger partial charge < -0.3 is 64.8 Å². The Labute approximate surface area is 230 Å². The topological polar surface area (TPSA) is 229 Å². The van der Waals surface area contributed by atoms with Crippen LogP contribution >= 0.6 is 0 Å². The number of benzene rings is 1. The first kappa shape index (κ1) is 41.9. The molecule has 0 atom stereocenters. The number of rotatable bonds is 9. The third kappa shape index (κ3) is 31.7. The molecular weight excluding hydrogens is 553 g/mol. The van der Waals surface area contributed by atoms with Crippen LogP contribution in [0.25, 0.3) is 5.53 Å². The van der Waals surface area contributed by atoms with E-state index in [1.165, 1.54) is 0 Å². The summed E-state index contributed by atoms with van der Waals surface area (Å²) in [5.74, 6) is 1.97. The predicted octanol–water partition coefficient (Wildman–Crippen LogP) is -0.789. The van der Waals surface area contributed by atoms with Gasteiger partial charge in [-0.15, -0.1) is 4.79 Å². The van der Waals surface area contributed by atoms with Gasteiger partial charge in [-0.25, -0.2) is 0 Å². The average Bonchev–Trinajstić information content (AvgIpc) is 2.84. The summed E-state index contributed by atoms with van der Waals surface area (Å²) >= 11 is 0. The van der Waals surface area contributed by atoms with E-state index >= 15 is 0 Å². The van der Waals surface area contributed by atoms with Gasteiger partial charge in [0.2, 0.25) is 0 Å². The first-order chi connectivity index (χ1) is 18.7. The minimum Gasteiger partial charge on any atom is -0.494 e. The van der Waals surface area contributed by atoms with Crippen LogP contribution in [0.2, 0.25) is 0 Å². The summed E-state index contributed by atoms with van der Waals surface area (Å²) in [7, 11) is -10.7. The quantitative estimate of drug-likeness (QED) is 0.0583. The monoisotopic (exact) mass is 589 g/mol. The molecule has 22 heteroatoms. The molecule has 0 saturated carbocycles. The van der Waals surface area contributed by atoms with Gasteiger partial charge in [-0.2, -0.15) is 0 Å². The van der Waals surface area contributed by atoms with E-state index in [1.807, 2.05) is 18.2 Å². The van der Waals surface area contributed by atoms with Gasteiger partial charge in [0, 0.05) is 6.07 Å². The maximum absolute atomic E-state index is 10.1. The molecule has 0 bridgehead atoms. The first-order valence-corrected chi connectivity index (χ1v) is 11.7. The van der Waals surface area contributed by atoms with E-state index in [4.69, 9.17) is 59.9 Å². The molecule has 1 saturated heterocycles. The number of morpholine rings is 1. The molecule has 1 aromatic rings. The largest absolute Gasteiger partial charge is 0.674 e. The zero-order valence-electron chi connectivity index (χ0n) is 22.1. The fourth-order valence-corrected chi connectivity index (χ4v) is 2.44. The Kier molecular flexibility index (Phi) is 29.4. The van der Waals surface area contributed by atoms with Crippen molar-refractivity contribution in [3.63, 3.8) is 0 Å². The highest BCUT2D eigenvalue weighted by Crippen LogP contribution is 2.33. The molecule has 14 nitrogen and oxygen atoms in total. The van der Waals surface area contributed by atoms with Crippen LogP contribution in [0.3, 0.4) is 0 Å². The molecule has 1 heterocycles. The number of hydrogen-bond acceptors (Lipinski definition) is 12. The summed E-state index contributed by atoms with van der Waals surface area (Å²) in [5.41, 5.74) is 9.93. The molecule has 0 aromatic heterocycles. The Bertz CT molecular complexity index is 756. The molecule has 2 rings (SSSR count). The molecule has 0 aliphatic carbocycles. The lowest BCUT2D eigenvalue weighted by atomic mass is 10.2. The summed E-state index contributed by atoms with van der Waals surface area (Å²) in [6.07, 6.45) is 4.24.